The molecule has 0 aliphatic carbocycles. The van der Waals surface area contributed by atoms with Crippen LogP contribution in [0.15, 0.2) is 48.5 Å². The fourth-order valence-corrected chi connectivity index (χ4v) is 2.00. The third kappa shape index (κ3) is 3.09. The van der Waals surface area contributed by atoms with E-state index in [1.54, 1.807) is 6.07 Å². The van der Waals surface area contributed by atoms with Gasteiger partial charge >= 0.3 is 0 Å². The van der Waals surface area contributed by atoms with Crippen molar-refractivity contribution < 1.29 is 4.39 Å². The van der Waals surface area contributed by atoms with E-state index in [0.29, 0.717) is 6.54 Å². The lowest BCUT2D eigenvalue weighted by atomic mass is 10.1. The van der Waals surface area contributed by atoms with E-state index in [1.807, 2.05) is 24.3 Å². The fourth-order valence-electron chi connectivity index (χ4n) is 1.81. The van der Waals surface area contributed by atoms with E-state index >= 15 is 0 Å². The molecule has 94 valence electrons. The van der Waals surface area contributed by atoms with Gasteiger partial charge in [0.25, 0.3) is 0 Å². The second-order valence-corrected chi connectivity index (χ2v) is 4.60. The van der Waals surface area contributed by atoms with E-state index in [2.05, 4.69) is 24.4 Å². The molecule has 0 amide bonds. The highest BCUT2D eigenvalue weighted by molar-refractivity contribution is 6.31. The molecule has 0 aliphatic heterocycles. The average Bonchev–Trinajstić information content (AvgIpc) is 2.41. The lowest BCUT2D eigenvalue weighted by Gasteiger charge is -2.15. The number of rotatable bonds is 4. The molecule has 1 N–H and O–H groups in total. The van der Waals surface area contributed by atoms with Crippen LogP contribution in [-0.4, -0.2) is 0 Å². The van der Waals surface area contributed by atoms with Crippen molar-refractivity contribution in [1.29, 1.82) is 0 Å². The molecule has 0 aromatic heterocycles. The van der Waals surface area contributed by atoms with Crippen molar-refractivity contribution in [1.82, 2.24) is 5.32 Å². The standard InChI is InChI=1S/C15H15ClFN/c1-11(12-6-3-2-4-7-12)18-10-13-8-5-9-14(17)15(13)16/h2-9,11,18H,10H2,1H3/t11-/m0/s1. The first-order valence-electron chi connectivity index (χ1n) is 5.89. The SMILES string of the molecule is C[C@H](NCc1cccc(F)c1Cl)c1ccccc1. The van der Waals surface area contributed by atoms with Gasteiger partial charge in [0.1, 0.15) is 5.82 Å². The molecule has 0 spiro atoms. The summed E-state index contributed by atoms with van der Waals surface area (Å²) in [6, 6.07) is 15.2. The third-order valence-corrected chi connectivity index (χ3v) is 3.35. The number of halogens is 2. The maximum atomic E-state index is 13.3. The molecule has 0 saturated heterocycles. The summed E-state index contributed by atoms with van der Waals surface area (Å²) in [6.07, 6.45) is 0. The Morgan fingerprint density at radius 3 is 2.56 bits per heavy atom. The number of benzene rings is 2. The number of nitrogens with one attached hydrogen (secondary N) is 1. The quantitative estimate of drug-likeness (QED) is 0.866. The first-order chi connectivity index (χ1) is 8.68. The molecule has 3 heteroatoms. The van der Waals surface area contributed by atoms with Gasteiger partial charge in [0.2, 0.25) is 0 Å². The second kappa shape index (κ2) is 5.98. The molecule has 2 aromatic rings. The normalized spacial score (nSPS) is 12.4. The summed E-state index contributed by atoms with van der Waals surface area (Å²) in [6.45, 7) is 2.62. The monoisotopic (exact) mass is 263 g/mol. The zero-order chi connectivity index (χ0) is 13.0. The molecule has 0 radical (unpaired) electrons. The first-order valence-corrected chi connectivity index (χ1v) is 6.27. The molecule has 0 heterocycles. The van der Waals surface area contributed by atoms with E-state index < -0.39 is 0 Å². The van der Waals surface area contributed by atoms with Crippen LogP contribution in [0.4, 0.5) is 4.39 Å². The van der Waals surface area contributed by atoms with Crippen molar-refractivity contribution in [3.05, 3.63) is 70.5 Å². The topological polar surface area (TPSA) is 12.0 Å². The van der Waals surface area contributed by atoms with Crippen LogP contribution in [0.2, 0.25) is 5.02 Å². The van der Waals surface area contributed by atoms with Crippen molar-refractivity contribution in [2.24, 2.45) is 0 Å². The molecule has 0 bridgehead atoms. The van der Waals surface area contributed by atoms with Gasteiger partial charge in [-0.1, -0.05) is 54.1 Å². The molecule has 2 aromatic carbocycles. The number of hydrogen-bond acceptors (Lipinski definition) is 1. The predicted octanol–water partition coefficient (Wildman–Crippen LogP) is 4.33. The Bertz CT molecular complexity index is 513. The van der Waals surface area contributed by atoms with Gasteiger partial charge in [0.15, 0.2) is 0 Å². The van der Waals surface area contributed by atoms with Gasteiger partial charge in [-0.2, -0.15) is 0 Å². The molecule has 0 fully saturated rings. The molecule has 0 unspecified atom stereocenters. The Balaban J connectivity index is 2.02. The minimum Gasteiger partial charge on any atom is -0.306 e. The fraction of sp³-hybridized carbons (Fsp3) is 0.200. The Morgan fingerprint density at radius 2 is 1.83 bits per heavy atom. The smallest absolute Gasteiger partial charge is 0.142 e. The van der Waals surface area contributed by atoms with E-state index in [-0.39, 0.29) is 16.9 Å². The van der Waals surface area contributed by atoms with Gasteiger partial charge in [0.05, 0.1) is 5.02 Å². The zero-order valence-corrected chi connectivity index (χ0v) is 10.9. The molecule has 0 aliphatic rings. The minimum absolute atomic E-state index is 0.199. The summed E-state index contributed by atoms with van der Waals surface area (Å²) in [5.41, 5.74) is 1.98. The summed E-state index contributed by atoms with van der Waals surface area (Å²) >= 11 is 5.91. The third-order valence-electron chi connectivity index (χ3n) is 2.93. The van der Waals surface area contributed by atoms with Gasteiger partial charge in [-0.05, 0) is 24.1 Å². The van der Waals surface area contributed by atoms with Crippen molar-refractivity contribution in [2.75, 3.05) is 0 Å². The highest BCUT2D eigenvalue weighted by Gasteiger charge is 2.08. The van der Waals surface area contributed by atoms with Crippen LogP contribution < -0.4 is 5.32 Å². The maximum absolute atomic E-state index is 13.3. The second-order valence-electron chi connectivity index (χ2n) is 4.23. The minimum atomic E-state index is -0.372. The van der Waals surface area contributed by atoms with Crippen molar-refractivity contribution in [3.63, 3.8) is 0 Å². The number of hydrogen-bond donors (Lipinski definition) is 1. The summed E-state index contributed by atoms with van der Waals surface area (Å²) in [5, 5.41) is 3.53. The highest BCUT2D eigenvalue weighted by atomic mass is 35.5. The van der Waals surface area contributed by atoms with Crippen LogP contribution in [0.5, 0.6) is 0 Å². The Kier molecular flexibility index (Phi) is 4.34. The maximum Gasteiger partial charge on any atom is 0.142 e. The molecule has 1 nitrogen and oxygen atoms in total. The zero-order valence-electron chi connectivity index (χ0n) is 10.2. The van der Waals surface area contributed by atoms with Crippen molar-refractivity contribution >= 4 is 11.6 Å². The molecular weight excluding hydrogens is 249 g/mol. The molecule has 0 saturated carbocycles. The Hall–Kier alpha value is -1.38. The van der Waals surface area contributed by atoms with E-state index in [9.17, 15) is 4.39 Å². The van der Waals surface area contributed by atoms with Crippen LogP contribution in [0.1, 0.15) is 24.1 Å². The average molecular weight is 264 g/mol. The summed E-state index contributed by atoms with van der Waals surface area (Å²) in [7, 11) is 0. The molecule has 18 heavy (non-hydrogen) atoms. The van der Waals surface area contributed by atoms with Crippen molar-refractivity contribution in [2.45, 2.75) is 19.5 Å². The Morgan fingerprint density at radius 1 is 1.11 bits per heavy atom. The van der Waals surface area contributed by atoms with Gasteiger partial charge in [-0.25, -0.2) is 4.39 Å². The molecule has 2 rings (SSSR count). The van der Waals surface area contributed by atoms with Crippen LogP contribution in [0, 0.1) is 5.82 Å². The summed E-state index contributed by atoms with van der Waals surface area (Å²) < 4.78 is 13.3. The van der Waals surface area contributed by atoms with E-state index in [0.717, 1.165) is 5.56 Å². The van der Waals surface area contributed by atoms with Crippen LogP contribution in [0.3, 0.4) is 0 Å². The van der Waals surface area contributed by atoms with E-state index in [4.69, 9.17) is 11.6 Å². The van der Waals surface area contributed by atoms with E-state index in [1.165, 1.54) is 11.6 Å². The molecular formula is C15H15ClFN. The predicted molar refractivity (Wildman–Crippen MR) is 73.1 cm³/mol. The lowest BCUT2D eigenvalue weighted by molar-refractivity contribution is 0.569. The van der Waals surface area contributed by atoms with Crippen LogP contribution >= 0.6 is 11.6 Å². The summed E-state index contributed by atoms with van der Waals surface area (Å²) in [4.78, 5) is 0. The lowest BCUT2D eigenvalue weighted by Crippen LogP contribution is -2.18. The molecule has 1 atom stereocenters. The van der Waals surface area contributed by atoms with Crippen molar-refractivity contribution in [3.8, 4) is 0 Å². The van der Waals surface area contributed by atoms with Gasteiger partial charge in [-0.15, -0.1) is 0 Å². The Labute approximate surface area is 112 Å². The van der Waals surface area contributed by atoms with Gasteiger partial charge < -0.3 is 5.32 Å². The van der Waals surface area contributed by atoms with Gasteiger partial charge in [-0.3, -0.25) is 0 Å². The van der Waals surface area contributed by atoms with Gasteiger partial charge in [0, 0.05) is 12.6 Å². The largest absolute Gasteiger partial charge is 0.306 e. The van der Waals surface area contributed by atoms with Crippen LogP contribution in [-0.2, 0) is 6.54 Å². The highest BCUT2D eigenvalue weighted by Crippen LogP contribution is 2.20. The van der Waals surface area contributed by atoms with Crippen LogP contribution in [0.25, 0.3) is 0 Å². The summed E-state index contributed by atoms with van der Waals surface area (Å²) in [5.74, 6) is -0.372. The first kappa shape index (κ1) is 13.1.